The molecule has 0 atom stereocenters. The molecule has 27 heavy (non-hydrogen) atoms. The molecule has 3 nitrogen and oxygen atoms in total. The average Bonchev–Trinajstić information content (AvgIpc) is 2.65. The summed E-state index contributed by atoms with van der Waals surface area (Å²) in [4.78, 5) is 4.63. The molecule has 0 aliphatic carbocycles. The Morgan fingerprint density at radius 2 is 1.85 bits per heavy atom. The van der Waals surface area contributed by atoms with Gasteiger partial charge in [-0.3, -0.25) is 0 Å². The lowest BCUT2D eigenvalue weighted by Crippen LogP contribution is -2.47. The van der Waals surface area contributed by atoms with Gasteiger partial charge in [0.15, 0.2) is 5.11 Å². The zero-order chi connectivity index (χ0) is 19.4. The van der Waals surface area contributed by atoms with E-state index < -0.39 is 0 Å². The molecule has 0 bridgehead atoms. The van der Waals surface area contributed by atoms with E-state index in [1.807, 2.05) is 43.3 Å². The normalized spacial score (nSPS) is 15.6. The number of thiocarbonyl (C=S) groups is 1. The van der Waals surface area contributed by atoms with Crippen LogP contribution in [0.1, 0.15) is 24.0 Å². The minimum absolute atomic E-state index is 0.376. The van der Waals surface area contributed by atoms with E-state index in [4.69, 9.17) is 35.4 Å². The highest BCUT2D eigenvalue weighted by Gasteiger charge is 2.26. The maximum Gasteiger partial charge on any atom is 0.174 e. The number of piperidine rings is 1. The van der Waals surface area contributed by atoms with E-state index in [9.17, 15) is 0 Å². The van der Waals surface area contributed by atoms with Crippen LogP contribution in [0.2, 0.25) is 10.0 Å². The Hall–Kier alpha value is -1.33. The van der Waals surface area contributed by atoms with Gasteiger partial charge in [-0.05, 0) is 75.4 Å². The van der Waals surface area contributed by atoms with E-state index in [1.54, 1.807) is 0 Å². The topological polar surface area (TPSA) is 18.5 Å². The fourth-order valence-electron chi connectivity index (χ4n) is 3.41. The molecule has 2 aromatic rings. The Morgan fingerprint density at radius 3 is 2.56 bits per heavy atom. The van der Waals surface area contributed by atoms with Gasteiger partial charge in [-0.15, -0.1) is 0 Å². The Morgan fingerprint density at radius 1 is 1.15 bits per heavy atom. The van der Waals surface area contributed by atoms with Crippen molar-refractivity contribution in [3.05, 3.63) is 63.6 Å². The molecule has 0 saturated carbocycles. The van der Waals surface area contributed by atoms with Crippen molar-refractivity contribution >= 4 is 46.2 Å². The van der Waals surface area contributed by atoms with Gasteiger partial charge >= 0.3 is 0 Å². The van der Waals surface area contributed by atoms with Crippen LogP contribution in [-0.4, -0.2) is 41.1 Å². The highest BCUT2D eigenvalue weighted by Crippen LogP contribution is 2.27. The smallest absolute Gasteiger partial charge is 0.174 e. The largest absolute Gasteiger partial charge is 0.342 e. The third kappa shape index (κ3) is 5.14. The van der Waals surface area contributed by atoms with Gasteiger partial charge in [0, 0.05) is 17.6 Å². The van der Waals surface area contributed by atoms with Crippen LogP contribution in [0.3, 0.4) is 0 Å². The Bertz CT molecular complexity index is 804. The molecule has 1 fully saturated rings. The molecule has 2 aromatic carbocycles. The third-order valence-corrected chi connectivity index (χ3v) is 6.33. The monoisotopic (exact) mass is 421 g/mol. The fraction of sp³-hybridized carbons (Fsp3) is 0.381. The molecule has 0 radical (unpaired) electrons. The number of benzene rings is 2. The number of nitrogens with zero attached hydrogens (tertiary/aromatic N) is 2. The minimum atomic E-state index is 0.376. The van der Waals surface area contributed by atoms with Gasteiger partial charge in [-0.25, -0.2) is 0 Å². The number of aryl methyl sites for hydroxylation is 1. The highest BCUT2D eigenvalue weighted by molar-refractivity contribution is 7.80. The lowest BCUT2D eigenvalue weighted by molar-refractivity contribution is 0.173. The second-order valence-electron chi connectivity index (χ2n) is 7.12. The third-order valence-electron chi connectivity index (χ3n) is 5.12. The van der Waals surface area contributed by atoms with E-state index in [0.717, 1.165) is 47.8 Å². The molecular weight excluding hydrogens is 397 g/mol. The molecule has 1 saturated heterocycles. The maximum absolute atomic E-state index is 6.46. The van der Waals surface area contributed by atoms with E-state index >= 15 is 0 Å². The second kappa shape index (κ2) is 9.24. The van der Waals surface area contributed by atoms with Crippen LogP contribution in [0.25, 0.3) is 0 Å². The van der Waals surface area contributed by atoms with Gasteiger partial charge in [0.2, 0.25) is 0 Å². The lowest BCUT2D eigenvalue weighted by atomic mass is 10.0. The van der Waals surface area contributed by atoms with Crippen molar-refractivity contribution in [2.24, 2.45) is 0 Å². The van der Waals surface area contributed by atoms with Crippen LogP contribution in [0.4, 0.5) is 5.69 Å². The van der Waals surface area contributed by atoms with Crippen LogP contribution >= 0.6 is 35.4 Å². The number of hydrogen-bond acceptors (Lipinski definition) is 2. The van der Waals surface area contributed by atoms with Crippen molar-refractivity contribution in [1.82, 2.24) is 9.80 Å². The van der Waals surface area contributed by atoms with Crippen molar-refractivity contribution in [2.45, 2.75) is 32.4 Å². The molecule has 0 spiro atoms. The predicted molar refractivity (Wildman–Crippen MR) is 120 cm³/mol. The van der Waals surface area contributed by atoms with Gasteiger partial charge in [0.25, 0.3) is 0 Å². The number of nitrogens with one attached hydrogen (secondary N) is 1. The number of halogens is 2. The molecule has 0 unspecified atom stereocenters. The first-order valence-corrected chi connectivity index (χ1v) is 10.4. The standard InChI is InChI=1S/C21H25Cl2N3S/c1-15-6-5-9-19(20(15)23)24-21(27)26(17-10-12-25(2)13-11-17)14-16-7-3-4-8-18(16)22/h3-9,17H,10-14H2,1-2H3,(H,24,27). The van der Waals surface area contributed by atoms with Crippen molar-refractivity contribution < 1.29 is 0 Å². The first kappa shape index (κ1) is 20.4. The molecule has 6 heteroatoms. The summed E-state index contributed by atoms with van der Waals surface area (Å²) in [5.41, 5.74) is 2.96. The van der Waals surface area contributed by atoms with Crippen LogP contribution in [-0.2, 0) is 6.54 Å². The predicted octanol–water partition coefficient (Wildman–Crippen LogP) is 5.60. The summed E-state index contributed by atoms with van der Waals surface area (Å²) in [5.74, 6) is 0. The summed E-state index contributed by atoms with van der Waals surface area (Å²) in [5, 5.41) is 5.54. The molecule has 3 rings (SSSR count). The van der Waals surface area contributed by atoms with Crippen molar-refractivity contribution in [2.75, 3.05) is 25.5 Å². The maximum atomic E-state index is 6.46. The summed E-state index contributed by atoms with van der Waals surface area (Å²) in [6, 6.07) is 14.3. The molecule has 1 aliphatic rings. The quantitative estimate of drug-likeness (QED) is 0.647. The van der Waals surface area contributed by atoms with Gasteiger partial charge in [-0.2, -0.15) is 0 Å². The summed E-state index contributed by atoms with van der Waals surface area (Å²) >= 11 is 18.7. The summed E-state index contributed by atoms with van der Waals surface area (Å²) in [6.07, 6.45) is 2.15. The molecular formula is C21H25Cl2N3S. The van der Waals surface area contributed by atoms with Gasteiger partial charge in [-0.1, -0.05) is 53.5 Å². The molecule has 1 heterocycles. The van der Waals surface area contributed by atoms with Crippen LogP contribution in [0.15, 0.2) is 42.5 Å². The zero-order valence-electron chi connectivity index (χ0n) is 15.7. The van der Waals surface area contributed by atoms with E-state index in [0.29, 0.717) is 22.7 Å². The fourth-order valence-corrected chi connectivity index (χ4v) is 4.11. The van der Waals surface area contributed by atoms with Crippen LogP contribution in [0, 0.1) is 6.92 Å². The zero-order valence-corrected chi connectivity index (χ0v) is 18.0. The minimum Gasteiger partial charge on any atom is -0.342 e. The molecule has 144 valence electrons. The van der Waals surface area contributed by atoms with Gasteiger partial charge in [0.1, 0.15) is 0 Å². The average molecular weight is 422 g/mol. The van der Waals surface area contributed by atoms with E-state index in [2.05, 4.69) is 28.2 Å². The second-order valence-corrected chi connectivity index (χ2v) is 8.29. The molecule has 0 aromatic heterocycles. The SMILES string of the molecule is Cc1cccc(NC(=S)N(Cc2ccccc2Cl)C2CCN(C)CC2)c1Cl. The van der Waals surface area contributed by atoms with Crippen molar-refractivity contribution in [3.63, 3.8) is 0 Å². The Kier molecular flexibility index (Phi) is 6.99. The first-order chi connectivity index (χ1) is 13.0. The first-order valence-electron chi connectivity index (χ1n) is 9.20. The number of hydrogen-bond donors (Lipinski definition) is 1. The number of rotatable bonds is 4. The number of anilines is 1. The van der Waals surface area contributed by atoms with Crippen molar-refractivity contribution in [1.29, 1.82) is 0 Å². The van der Waals surface area contributed by atoms with E-state index in [1.165, 1.54) is 0 Å². The van der Waals surface area contributed by atoms with Crippen LogP contribution in [0.5, 0.6) is 0 Å². The molecule has 0 amide bonds. The Labute approximate surface area is 177 Å². The van der Waals surface area contributed by atoms with Gasteiger partial charge < -0.3 is 15.1 Å². The van der Waals surface area contributed by atoms with Crippen LogP contribution < -0.4 is 5.32 Å². The molecule has 1 N–H and O–H groups in total. The number of likely N-dealkylation sites (tertiary alicyclic amines) is 1. The van der Waals surface area contributed by atoms with Crippen molar-refractivity contribution in [3.8, 4) is 0 Å². The molecule has 1 aliphatic heterocycles. The summed E-state index contributed by atoms with van der Waals surface area (Å²) in [7, 11) is 2.16. The Balaban J connectivity index is 1.83. The van der Waals surface area contributed by atoms with Gasteiger partial charge in [0.05, 0.1) is 10.7 Å². The highest BCUT2D eigenvalue weighted by atomic mass is 35.5. The lowest BCUT2D eigenvalue weighted by Gasteiger charge is -2.39. The summed E-state index contributed by atoms with van der Waals surface area (Å²) < 4.78 is 0. The summed E-state index contributed by atoms with van der Waals surface area (Å²) in [6.45, 7) is 4.81. The van der Waals surface area contributed by atoms with E-state index in [-0.39, 0.29) is 0 Å².